The van der Waals surface area contributed by atoms with Gasteiger partial charge in [-0.15, -0.1) is 10.2 Å². The fourth-order valence-electron chi connectivity index (χ4n) is 2.23. The van der Waals surface area contributed by atoms with Crippen LogP contribution in [-0.4, -0.2) is 26.4 Å². The number of rotatable bonds is 5. The van der Waals surface area contributed by atoms with E-state index in [2.05, 4.69) is 15.5 Å². The monoisotopic (exact) mass is 426 g/mol. The Balaban J connectivity index is 1.68. The van der Waals surface area contributed by atoms with Gasteiger partial charge in [0.15, 0.2) is 11.0 Å². The molecule has 134 valence electrons. The van der Waals surface area contributed by atoms with Crippen molar-refractivity contribution in [3.8, 4) is 11.4 Å². The molecule has 0 aliphatic carbocycles. The summed E-state index contributed by atoms with van der Waals surface area (Å²) in [6.07, 6.45) is 0. The average molecular weight is 428 g/mol. The normalized spacial score (nSPS) is 10.8. The molecule has 0 radical (unpaired) electrons. The Bertz CT molecular complexity index is 961. The van der Waals surface area contributed by atoms with Crippen molar-refractivity contribution in [2.75, 3.05) is 11.1 Å². The molecule has 1 N–H and O–H groups in total. The van der Waals surface area contributed by atoms with E-state index in [0.717, 1.165) is 5.56 Å². The Morgan fingerprint density at radius 1 is 1.12 bits per heavy atom. The SMILES string of the molecule is Cn1c(SCC(=O)Nc2cc(Cl)ccc2Cl)nnc1-c1ccccc1Cl. The standard InChI is InChI=1S/C17H13Cl3N4OS/c1-24-16(11-4-2-3-5-12(11)19)22-23-17(24)26-9-15(25)21-14-8-10(18)6-7-13(14)20/h2-8H,9H2,1H3,(H,21,25). The molecule has 0 atom stereocenters. The number of nitrogens with one attached hydrogen (secondary N) is 1. The van der Waals surface area contributed by atoms with E-state index >= 15 is 0 Å². The number of benzene rings is 2. The molecule has 0 aliphatic rings. The minimum Gasteiger partial charge on any atom is -0.324 e. The molecule has 0 saturated carbocycles. The Morgan fingerprint density at radius 3 is 2.65 bits per heavy atom. The molecule has 0 saturated heterocycles. The van der Waals surface area contributed by atoms with Gasteiger partial charge < -0.3 is 9.88 Å². The van der Waals surface area contributed by atoms with Crippen molar-refractivity contribution in [1.29, 1.82) is 0 Å². The van der Waals surface area contributed by atoms with Crippen LogP contribution in [0.2, 0.25) is 15.1 Å². The van der Waals surface area contributed by atoms with Gasteiger partial charge in [-0.25, -0.2) is 0 Å². The van der Waals surface area contributed by atoms with Crippen LogP contribution in [-0.2, 0) is 11.8 Å². The van der Waals surface area contributed by atoms with Crippen LogP contribution in [0, 0.1) is 0 Å². The van der Waals surface area contributed by atoms with Crippen LogP contribution in [0.1, 0.15) is 0 Å². The molecule has 0 unspecified atom stereocenters. The molecule has 3 aromatic rings. The summed E-state index contributed by atoms with van der Waals surface area (Å²) in [4.78, 5) is 12.2. The maximum atomic E-state index is 12.2. The van der Waals surface area contributed by atoms with Gasteiger partial charge in [-0.3, -0.25) is 4.79 Å². The second-order valence-electron chi connectivity index (χ2n) is 5.31. The highest BCUT2D eigenvalue weighted by atomic mass is 35.5. The minimum absolute atomic E-state index is 0.150. The number of aromatic nitrogens is 3. The third-order valence-electron chi connectivity index (χ3n) is 3.48. The number of hydrogen-bond acceptors (Lipinski definition) is 4. The smallest absolute Gasteiger partial charge is 0.234 e. The lowest BCUT2D eigenvalue weighted by atomic mass is 10.2. The molecule has 1 heterocycles. The highest BCUT2D eigenvalue weighted by molar-refractivity contribution is 7.99. The molecule has 1 amide bonds. The summed E-state index contributed by atoms with van der Waals surface area (Å²) in [7, 11) is 1.83. The lowest BCUT2D eigenvalue weighted by molar-refractivity contribution is -0.113. The highest BCUT2D eigenvalue weighted by Gasteiger charge is 2.15. The van der Waals surface area contributed by atoms with E-state index in [1.54, 1.807) is 28.8 Å². The minimum atomic E-state index is -0.221. The second-order valence-corrected chi connectivity index (χ2v) is 7.50. The van der Waals surface area contributed by atoms with Gasteiger partial charge in [0.05, 0.1) is 21.5 Å². The van der Waals surface area contributed by atoms with Gasteiger partial charge in [-0.1, -0.05) is 58.7 Å². The molecule has 0 fully saturated rings. The van der Waals surface area contributed by atoms with Gasteiger partial charge in [0.1, 0.15) is 0 Å². The molecular weight excluding hydrogens is 415 g/mol. The summed E-state index contributed by atoms with van der Waals surface area (Å²) in [5, 5.41) is 13.2. The molecule has 1 aromatic heterocycles. The lowest BCUT2D eigenvalue weighted by Crippen LogP contribution is -2.14. The first-order valence-corrected chi connectivity index (χ1v) is 9.59. The molecule has 5 nitrogen and oxygen atoms in total. The number of amides is 1. The second kappa shape index (κ2) is 8.31. The third kappa shape index (κ3) is 4.32. The quantitative estimate of drug-likeness (QED) is 0.570. The molecule has 9 heteroatoms. The largest absolute Gasteiger partial charge is 0.324 e. The number of carbonyl (C=O) groups excluding carboxylic acids is 1. The predicted molar refractivity (Wildman–Crippen MR) is 107 cm³/mol. The highest BCUT2D eigenvalue weighted by Crippen LogP contribution is 2.29. The van der Waals surface area contributed by atoms with Crippen molar-refractivity contribution in [3.63, 3.8) is 0 Å². The van der Waals surface area contributed by atoms with E-state index < -0.39 is 0 Å². The fourth-order valence-corrected chi connectivity index (χ4v) is 3.50. The van der Waals surface area contributed by atoms with Gasteiger partial charge in [0.2, 0.25) is 5.91 Å². The molecule has 2 aromatic carbocycles. The predicted octanol–water partition coefficient (Wildman–Crippen LogP) is 5.17. The number of nitrogens with zero attached hydrogens (tertiary/aromatic N) is 3. The molecular formula is C17H13Cl3N4OS. The molecule has 0 aliphatic heterocycles. The van der Waals surface area contributed by atoms with E-state index in [-0.39, 0.29) is 11.7 Å². The van der Waals surface area contributed by atoms with Crippen LogP contribution < -0.4 is 5.32 Å². The third-order valence-corrected chi connectivity index (χ3v) is 5.40. The van der Waals surface area contributed by atoms with Crippen LogP contribution in [0.4, 0.5) is 5.69 Å². The summed E-state index contributed by atoms with van der Waals surface area (Å²) in [5.41, 5.74) is 1.26. The number of carbonyl (C=O) groups is 1. The Labute approximate surface area is 169 Å². The zero-order chi connectivity index (χ0) is 18.7. The topological polar surface area (TPSA) is 59.8 Å². The van der Waals surface area contributed by atoms with Crippen molar-refractivity contribution >= 4 is 58.2 Å². The van der Waals surface area contributed by atoms with Gasteiger partial charge >= 0.3 is 0 Å². The first-order chi connectivity index (χ1) is 12.5. The van der Waals surface area contributed by atoms with Gasteiger partial charge in [-0.2, -0.15) is 0 Å². The molecule has 0 bridgehead atoms. The number of hydrogen-bond donors (Lipinski definition) is 1. The number of anilines is 1. The van der Waals surface area contributed by atoms with Crippen LogP contribution in [0.5, 0.6) is 0 Å². The van der Waals surface area contributed by atoms with E-state index in [0.29, 0.717) is 31.7 Å². The van der Waals surface area contributed by atoms with Crippen molar-refractivity contribution in [2.24, 2.45) is 7.05 Å². The summed E-state index contributed by atoms with van der Waals surface area (Å²) < 4.78 is 1.80. The van der Waals surface area contributed by atoms with Crippen LogP contribution in [0.25, 0.3) is 11.4 Å². The first kappa shape index (κ1) is 19.0. The van der Waals surface area contributed by atoms with Gasteiger partial charge in [-0.05, 0) is 30.3 Å². The van der Waals surface area contributed by atoms with Gasteiger partial charge in [0, 0.05) is 17.6 Å². The van der Waals surface area contributed by atoms with E-state index in [1.807, 2.05) is 25.2 Å². The molecule has 3 rings (SSSR count). The van der Waals surface area contributed by atoms with Crippen LogP contribution in [0.3, 0.4) is 0 Å². The summed E-state index contributed by atoms with van der Waals surface area (Å²) in [6.45, 7) is 0. The zero-order valence-corrected chi connectivity index (χ0v) is 16.6. The van der Waals surface area contributed by atoms with Crippen molar-refractivity contribution in [3.05, 3.63) is 57.5 Å². The average Bonchev–Trinajstić information content (AvgIpc) is 2.97. The van der Waals surface area contributed by atoms with Crippen molar-refractivity contribution < 1.29 is 4.79 Å². The van der Waals surface area contributed by atoms with Crippen molar-refractivity contribution in [2.45, 2.75) is 5.16 Å². The fraction of sp³-hybridized carbons (Fsp3) is 0.118. The summed E-state index contributed by atoms with van der Waals surface area (Å²) in [5.74, 6) is 0.565. The lowest BCUT2D eigenvalue weighted by Gasteiger charge is -2.08. The van der Waals surface area contributed by atoms with Crippen LogP contribution >= 0.6 is 46.6 Å². The number of thioether (sulfide) groups is 1. The van der Waals surface area contributed by atoms with Crippen molar-refractivity contribution in [1.82, 2.24) is 14.8 Å². The summed E-state index contributed by atoms with van der Waals surface area (Å²) in [6, 6.07) is 12.3. The summed E-state index contributed by atoms with van der Waals surface area (Å²) >= 11 is 19.4. The molecule has 26 heavy (non-hydrogen) atoms. The Kier molecular flexibility index (Phi) is 6.09. The first-order valence-electron chi connectivity index (χ1n) is 7.47. The zero-order valence-electron chi connectivity index (χ0n) is 13.5. The Morgan fingerprint density at radius 2 is 1.88 bits per heavy atom. The number of halogens is 3. The Hall–Kier alpha value is -1.73. The van der Waals surface area contributed by atoms with E-state index in [9.17, 15) is 4.79 Å². The molecule has 0 spiro atoms. The van der Waals surface area contributed by atoms with E-state index in [4.69, 9.17) is 34.8 Å². The van der Waals surface area contributed by atoms with Gasteiger partial charge in [0.25, 0.3) is 0 Å². The van der Waals surface area contributed by atoms with Crippen LogP contribution in [0.15, 0.2) is 47.6 Å². The van der Waals surface area contributed by atoms with E-state index in [1.165, 1.54) is 11.8 Å². The maximum Gasteiger partial charge on any atom is 0.234 e. The maximum absolute atomic E-state index is 12.2.